The van der Waals surface area contributed by atoms with E-state index in [2.05, 4.69) is 21.2 Å². The van der Waals surface area contributed by atoms with Gasteiger partial charge in [-0.1, -0.05) is 34.1 Å². The zero-order chi connectivity index (χ0) is 21.0. The van der Waals surface area contributed by atoms with Crippen LogP contribution >= 0.6 is 15.9 Å². The molecule has 1 amide bonds. The quantitative estimate of drug-likeness (QED) is 0.388. The molecule has 2 aliphatic heterocycles. The molecule has 0 saturated heterocycles. The van der Waals surface area contributed by atoms with Crippen LogP contribution in [0.2, 0.25) is 0 Å². The lowest BCUT2D eigenvalue weighted by Crippen LogP contribution is -2.34. The fourth-order valence-corrected chi connectivity index (χ4v) is 4.21. The van der Waals surface area contributed by atoms with Gasteiger partial charge in [0.25, 0.3) is 0 Å². The number of anilines is 1. The number of aromatic hydroxyl groups is 2. The molecule has 3 aromatic carbocycles. The average Bonchev–Trinajstić information content (AvgIpc) is 3.00. The molecule has 0 bridgehead atoms. The first kappa shape index (κ1) is 18.5. The number of carbonyl (C=O) groups excluding carboxylic acids is 2. The minimum atomic E-state index is -1.42. The van der Waals surface area contributed by atoms with Gasteiger partial charge in [0.2, 0.25) is 5.91 Å². The smallest absolute Gasteiger partial charge is 0.340 e. The summed E-state index contributed by atoms with van der Waals surface area (Å²) in [5.74, 6) is -0.582. The predicted molar refractivity (Wildman–Crippen MR) is 110 cm³/mol. The van der Waals surface area contributed by atoms with Crippen LogP contribution in [0.5, 0.6) is 23.0 Å². The molecule has 2 heterocycles. The van der Waals surface area contributed by atoms with Gasteiger partial charge < -0.3 is 25.0 Å². The second kappa shape index (κ2) is 6.50. The highest BCUT2D eigenvalue weighted by molar-refractivity contribution is 9.09. The van der Waals surface area contributed by atoms with Crippen molar-refractivity contribution >= 4 is 33.5 Å². The van der Waals surface area contributed by atoms with Crippen molar-refractivity contribution in [3.05, 3.63) is 76.9 Å². The summed E-state index contributed by atoms with van der Waals surface area (Å²) in [7, 11) is 0. The van der Waals surface area contributed by atoms with Gasteiger partial charge in [0.05, 0.1) is 22.1 Å². The Balaban J connectivity index is 1.89. The Bertz CT molecular complexity index is 1240. The highest BCUT2D eigenvalue weighted by Crippen LogP contribution is 2.59. The van der Waals surface area contributed by atoms with Gasteiger partial charge in [0.1, 0.15) is 23.0 Å². The zero-order valence-electron chi connectivity index (χ0n) is 15.3. The predicted octanol–water partition coefficient (Wildman–Crippen LogP) is 4.00. The van der Waals surface area contributed by atoms with Gasteiger partial charge in [-0.05, 0) is 18.2 Å². The Labute approximate surface area is 179 Å². The summed E-state index contributed by atoms with van der Waals surface area (Å²) < 4.78 is 12.0. The molecule has 1 atom stereocenters. The van der Waals surface area contributed by atoms with Crippen molar-refractivity contribution in [2.45, 2.75) is 5.60 Å². The number of benzene rings is 3. The van der Waals surface area contributed by atoms with Crippen molar-refractivity contribution in [1.29, 1.82) is 0 Å². The van der Waals surface area contributed by atoms with Gasteiger partial charge in [-0.25, -0.2) is 4.79 Å². The molecule has 2 aliphatic rings. The fourth-order valence-electron chi connectivity index (χ4n) is 4.07. The van der Waals surface area contributed by atoms with E-state index in [1.165, 1.54) is 24.3 Å². The van der Waals surface area contributed by atoms with Crippen molar-refractivity contribution in [1.82, 2.24) is 0 Å². The van der Waals surface area contributed by atoms with Crippen LogP contribution in [0.15, 0.2) is 54.6 Å². The molecule has 5 rings (SSSR count). The number of amides is 1. The molecule has 1 unspecified atom stereocenters. The van der Waals surface area contributed by atoms with Crippen molar-refractivity contribution in [2.24, 2.45) is 0 Å². The molecule has 3 aromatic rings. The number of hydrogen-bond donors (Lipinski definition) is 3. The van der Waals surface area contributed by atoms with E-state index in [4.69, 9.17) is 9.47 Å². The molecule has 0 aliphatic carbocycles. The summed E-state index contributed by atoms with van der Waals surface area (Å²) in [5.41, 5.74) is 0.657. The number of ether oxygens (including phenoxy) is 2. The molecule has 0 fully saturated rings. The van der Waals surface area contributed by atoms with E-state index in [-0.39, 0.29) is 39.9 Å². The minimum absolute atomic E-state index is 0.0297. The largest absolute Gasteiger partial charge is 0.508 e. The highest BCUT2D eigenvalue weighted by atomic mass is 79.9. The van der Waals surface area contributed by atoms with E-state index in [1.54, 1.807) is 30.3 Å². The number of phenols is 2. The summed E-state index contributed by atoms with van der Waals surface area (Å²) in [6.45, 7) is 0. The topological polar surface area (TPSA) is 105 Å². The second-order valence-electron chi connectivity index (χ2n) is 6.95. The normalized spacial score (nSPS) is 18.1. The van der Waals surface area contributed by atoms with Crippen LogP contribution in [-0.4, -0.2) is 27.4 Å². The van der Waals surface area contributed by atoms with E-state index < -0.39 is 11.6 Å². The number of halogens is 1. The van der Waals surface area contributed by atoms with Crippen LogP contribution in [0.3, 0.4) is 0 Å². The van der Waals surface area contributed by atoms with E-state index in [9.17, 15) is 19.8 Å². The Kier molecular flexibility index (Phi) is 4.01. The lowest BCUT2D eigenvalue weighted by atomic mass is 9.77. The monoisotopic (exact) mass is 467 g/mol. The van der Waals surface area contributed by atoms with Crippen LogP contribution in [0.25, 0.3) is 0 Å². The van der Waals surface area contributed by atoms with E-state index >= 15 is 0 Å². The Morgan fingerprint density at radius 3 is 2.57 bits per heavy atom. The van der Waals surface area contributed by atoms with E-state index in [0.717, 1.165) is 0 Å². The van der Waals surface area contributed by atoms with Crippen molar-refractivity contribution < 1.29 is 29.3 Å². The summed E-state index contributed by atoms with van der Waals surface area (Å²) in [5, 5.41) is 23.0. The molecule has 0 saturated carbocycles. The van der Waals surface area contributed by atoms with Gasteiger partial charge in [0, 0.05) is 29.3 Å². The third-order valence-corrected chi connectivity index (χ3v) is 5.68. The third-order valence-electron chi connectivity index (χ3n) is 5.17. The average molecular weight is 468 g/mol. The summed E-state index contributed by atoms with van der Waals surface area (Å²) in [6, 6.07) is 14.2. The van der Waals surface area contributed by atoms with E-state index in [0.29, 0.717) is 22.3 Å². The van der Waals surface area contributed by atoms with E-state index in [1.807, 2.05) is 0 Å². The standard InChI is InChI=1S/C22H14BrNO6/c23-10-19(27)24-16-7-12(26)9-18-20(16)22(15-6-5-11(25)8-17(15)29-18)14-4-2-1-3-13(14)21(28)30-22/h1-9,25-26H,10H2,(H,24,27). The summed E-state index contributed by atoms with van der Waals surface area (Å²) in [6.07, 6.45) is 0. The third kappa shape index (κ3) is 2.50. The van der Waals surface area contributed by atoms with Crippen molar-refractivity contribution in [3.8, 4) is 23.0 Å². The number of fused-ring (bicyclic) bond motifs is 6. The first-order valence-electron chi connectivity index (χ1n) is 9.01. The Morgan fingerprint density at radius 1 is 1.00 bits per heavy atom. The Morgan fingerprint density at radius 2 is 1.77 bits per heavy atom. The number of alkyl halides is 1. The first-order chi connectivity index (χ1) is 14.4. The lowest BCUT2D eigenvalue weighted by Gasteiger charge is -2.37. The molecule has 7 nitrogen and oxygen atoms in total. The van der Waals surface area contributed by atoms with Gasteiger partial charge >= 0.3 is 5.97 Å². The Hall–Kier alpha value is -3.52. The summed E-state index contributed by atoms with van der Waals surface area (Å²) in [4.78, 5) is 25.0. The molecule has 0 aromatic heterocycles. The molecule has 3 N–H and O–H groups in total. The van der Waals surface area contributed by atoms with Crippen LogP contribution in [0.1, 0.15) is 27.0 Å². The maximum Gasteiger partial charge on any atom is 0.340 e. The van der Waals surface area contributed by atoms with Crippen LogP contribution in [-0.2, 0) is 15.1 Å². The summed E-state index contributed by atoms with van der Waals surface area (Å²) >= 11 is 3.11. The molecule has 0 radical (unpaired) electrons. The van der Waals surface area contributed by atoms with Gasteiger partial charge in [-0.3, -0.25) is 4.79 Å². The van der Waals surface area contributed by atoms with Crippen molar-refractivity contribution in [3.63, 3.8) is 0 Å². The van der Waals surface area contributed by atoms with Crippen LogP contribution in [0, 0.1) is 0 Å². The number of rotatable bonds is 2. The molecule has 8 heteroatoms. The number of carbonyl (C=O) groups is 2. The highest BCUT2D eigenvalue weighted by Gasteiger charge is 2.55. The van der Waals surface area contributed by atoms with Gasteiger partial charge in [-0.2, -0.15) is 0 Å². The number of nitrogens with one attached hydrogen (secondary N) is 1. The maximum absolute atomic E-state index is 12.8. The van der Waals surface area contributed by atoms with Crippen LogP contribution in [0.4, 0.5) is 5.69 Å². The molecular formula is C22H14BrNO6. The second-order valence-corrected chi connectivity index (χ2v) is 7.51. The molecule has 1 spiro atoms. The van der Waals surface area contributed by atoms with Gasteiger partial charge in [0.15, 0.2) is 5.60 Å². The fraction of sp³-hybridized carbons (Fsp3) is 0.0909. The maximum atomic E-state index is 12.8. The molecular weight excluding hydrogens is 454 g/mol. The lowest BCUT2D eigenvalue weighted by molar-refractivity contribution is -0.113. The SMILES string of the molecule is O=C(CBr)Nc1cc(O)cc2c1C1(OC(=O)c3ccccc31)c1ccc(O)cc1O2. The molecule has 30 heavy (non-hydrogen) atoms. The minimum Gasteiger partial charge on any atom is -0.508 e. The van der Waals surface area contributed by atoms with Crippen LogP contribution < -0.4 is 10.1 Å². The zero-order valence-corrected chi connectivity index (χ0v) is 16.9. The number of phenolic OH excluding ortho intramolecular Hbond substituents is 2. The first-order valence-corrected chi connectivity index (χ1v) is 10.1. The van der Waals surface area contributed by atoms with Gasteiger partial charge in [-0.15, -0.1) is 0 Å². The number of esters is 1. The number of hydrogen-bond acceptors (Lipinski definition) is 6. The van der Waals surface area contributed by atoms with Crippen molar-refractivity contribution in [2.75, 3.05) is 10.6 Å². The molecule has 150 valence electrons.